The van der Waals surface area contributed by atoms with Crippen LogP contribution in [0.4, 0.5) is 0 Å². The normalized spacial score (nSPS) is 10.3. The molecule has 0 N–H and O–H groups in total. The highest BCUT2D eigenvalue weighted by atomic mass is 35.5. The van der Waals surface area contributed by atoms with Crippen molar-refractivity contribution in [3.05, 3.63) is 58.1 Å². The van der Waals surface area contributed by atoms with Crippen LogP contribution in [0, 0.1) is 13.8 Å². The first-order valence-corrected chi connectivity index (χ1v) is 5.81. The van der Waals surface area contributed by atoms with E-state index in [1.165, 1.54) is 11.1 Å². The van der Waals surface area contributed by atoms with E-state index in [9.17, 15) is 4.79 Å². The van der Waals surface area contributed by atoms with E-state index >= 15 is 0 Å². The number of halogens is 1. The third kappa shape index (κ3) is 2.56. The molecule has 0 atom stereocenters. The molecule has 0 heterocycles. The van der Waals surface area contributed by atoms with Gasteiger partial charge in [0.25, 0.3) is 0 Å². The van der Waals surface area contributed by atoms with E-state index in [0.29, 0.717) is 10.6 Å². The minimum absolute atomic E-state index is 0.643. The smallest absolute Gasteiger partial charge is 0.150 e. The highest BCUT2D eigenvalue weighted by Crippen LogP contribution is 2.27. The maximum atomic E-state index is 11.0. The van der Waals surface area contributed by atoms with E-state index in [4.69, 9.17) is 11.6 Å². The Hall–Kier alpha value is -1.60. The largest absolute Gasteiger partial charge is 0.298 e. The van der Waals surface area contributed by atoms with Crippen LogP contribution in [0.25, 0.3) is 11.1 Å². The molecular weight excluding hydrogens is 232 g/mol. The number of carbonyl (C=O) groups is 1. The molecule has 0 aliphatic rings. The molecule has 0 saturated heterocycles. The third-order valence-electron chi connectivity index (χ3n) is 2.67. The monoisotopic (exact) mass is 244 g/mol. The fourth-order valence-electron chi connectivity index (χ4n) is 2.01. The Morgan fingerprint density at radius 3 is 2.24 bits per heavy atom. The lowest BCUT2D eigenvalue weighted by Gasteiger charge is -2.08. The molecule has 0 amide bonds. The van der Waals surface area contributed by atoms with E-state index in [-0.39, 0.29) is 0 Å². The first-order valence-electron chi connectivity index (χ1n) is 5.43. The number of carbonyl (C=O) groups excluding carboxylic acids is 1. The van der Waals surface area contributed by atoms with Crippen LogP contribution in [0.1, 0.15) is 21.5 Å². The number of aryl methyl sites for hydroxylation is 2. The zero-order chi connectivity index (χ0) is 12.4. The average Bonchev–Trinajstić information content (AvgIpc) is 2.27. The van der Waals surface area contributed by atoms with Crippen LogP contribution in [0.5, 0.6) is 0 Å². The van der Waals surface area contributed by atoms with E-state index in [0.717, 1.165) is 17.4 Å². The van der Waals surface area contributed by atoms with Crippen LogP contribution < -0.4 is 0 Å². The second-order valence-electron chi connectivity index (χ2n) is 4.23. The van der Waals surface area contributed by atoms with Gasteiger partial charge in [0.05, 0.1) is 0 Å². The first kappa shape index (κ1) is 11.9. The molecule has 2 heteroatoms. The molecule has 0 unspecified atom stereocenters. The Morgan fingerprint density at radius 1 is 1.00 bits per heavy atom. The Balaban J connectivity index is 2.66. The van der Waals surface area contributed by atoms with Crippen molar-refractivity contribution in [3.8, 4) is 11.1 Å². The summed E-state index contributed by atoms with van der Waals surface area (Å²) in [7, 11) is 0. The first-order chi connectivity index (χ1) is 8.10. The average molecular weight is 245 g/mol. The summed E-state index contributed by atoms with van der Waals surface area (Å²) in [6.45, 7) is 4.09. The van der Waals surface area contributed by atoms with Gasteiger partial charge in [-0.1, -0.05) is 40.9 Å². The quantitative estimate of drug-likeness (QED) is 0.714. The molecule has 0 fully saturated rings. The lowest BCUT2D eigenvalue weighted by atomic mass is 9.97. The zero-order valence-corrected chi connectivity index (χ0v) is 10.6. The summed E-state index contributed by atoms with van der Waals surface area (Å²) in [6, 6.07) is 11.5. The molecule has 17 heavy (non-hydrogen) atoms. The maximum Gasteiger partial charge on any atom is 0.150 e. The molecule has 0 saturated carbocycles. The van der Waals surface area contributed by atoms with Gasteiger partial charge in [0.15, 0.2) is 6.29 Å². The van der Waals surface area contributed by atoms with Gasteiger partial charge in [-0.2, -0.15) is 0 Å². The van der Waals surface area contributed by atoms with Gasteiger partial charge < -0.3 is 0 Å². The molecule has 2 aromatic carbocycles. The molecule has 0 spiro atoms. The van der Waals surface area contributed by atoms with Crippen LogP contribution in [0.15, 0.2) is 36.4 Å². The minimum atomic E-state index is 0.643. The highest BCUT2D eigenvalue weighted by Gasteiger charge is 2.06. The SMILES string of the molecule is Cc1cc(C)cc(-c2cc(Cl)ccc2C=O)c1. The Labute approximate surface area is 106 Å². The lowest BCUT2D eigenvalue weighted by molar-refractivity contribution is 0.112. The Morgan fingerprint density at radius 2 is 1.65 bits per heavy atom. The summed E-state index contributed by atoms with van der Waals surface area (Å²) in [4.78, 5) is 11.0. The van der Waals surface area contributed by atoms with Crippen molar-refractivity contribution in [3.63, 3.8) is 0 Å². The maximum absolute atomic E-state index is 11.0. The lowest BCUT2D eigenvalue weighted by Crippen LogP contribution is -1.89. The van der Waals surface area contributed by atoms with Gasteiger partial charge in [0.1, 0.15) is 0 Å². The second kappa shape index (κ2) is 4.72. The van der Waals surface area contributed by atoms with Crippen molar-refractivity contribution >= 4 is 17.9 Å². The van der Waals surface area contributed by atoms with Crippen molar-refractivity contribution in [1.29, 1.82) is 0 Å². The molecule has 2 rings (SSSR count). The topological polar surface area (TPSA) is 17.1 Å². The van der Waals surface area contributed by atoms with Crippen LogP contribution in [-0.2, 0) is 0 Å². The van der Waals surface area contributed by atoms with Gasteiger partial charge in [-0.15, -0.1) is 0 Å². The van der Waals surface area contributed by atoms with E-state index in [2.05, 4.69) is 18.2 Å². The van der Waals surface area contributed by atoms with Crippen molar-refractivity contribution in [2.45, 2.75) is 13.8 Å². The van der Waals surface area contributed by atoms with Gasteiger partial charge in [-0.05, 0) is 43.2 Å². The molecule has 0 aliphatic carbocycles. The predicted molar refractivity (Wildman–Crippen MR) is 71.7 cm³/mol. The van der Waals surface area contributed by atoms with Gasteiger partial charge in [-0.25, -0.2) is 0 Å². The number of rotatable bonds is 2. The molecule has 0 bridgehead atoms. The van der Waals surface area contributed by atoms with Crippen LogP contribution in [0.3, 0.4) is 0 Å². The summed E-state index contributed by atoms with van der Waals surface area (Å²) in [6.07, 6.45) is 0.864. The molecular formula is C15H13ClO. The summed E-state index contributed by atoms with van der Waals surface area (Å²) < 4.78 is 0. The van der Waals surface area contributed by atoms with E-state index in [1.807, 2.05) is 19.9 Å². The summed E-state index contributed by atoms with van der Waals surface area (Å²) >= 11 is 5.99. The van der Waals surface area contributed by atoms with Crippen molar-refractivity contribution in [2.75, 3.05) is 0 Å². The predicted octanol–water partition coefficient (Wildman–Crippen LogP) is 4.44. The van der Waals surface area contributed by atoms with Gasteiger partial charge in [0, 0.05) is 10.6 Å². The number of hydrogen-bond donors (Lipinski definition) is 0. The van der Waals surface area contributed by atoms with E-state index < -0.39 is 0 Å². The number of benzene rings is 2. The van der Waals surface area contributed by atoms with Crippen LogP contribution in [0.2, 0.25) is 5.02 Å². The Kier molecular flexibility index (Phi) is 3.30. The molecule has 86 valence electrons. The van der Waals surface area contributed by atoms with Crippen LogP contribution >= 0.6 is 11.6 Å². The molecule has 0 aromatic heterocycles. The summed E-state index contributed by atoms with van der Waals surface area (Å²) in [5.41, 5.74) is 4.94. The molecule has 2 aromatic rings. The third-order valence-corrected chi connectivity index (χ3v) is 2.91. The summed E-state index contributed by atoms with van der Waals surface area (Å²) in [5, 5.41) is 0.643. The van der Waals surface area contributed by atoms with E-state index in [1.54, 1.807) is 12.1 Å². The van der Waals surface area contributed by atoms with Crippen molar-refractivity contribution in [1.82, 2.24) is 0 Å². The number of aldehydes is 1. The van der Waals surface area contributed by atoms with Crippen LogP contribution in [-0.4, -0.2) is 6.29 Å². The zero-order valence-electron chi connectivity index (χ0n) is 9.83. The second-order valence-corrected chi connectivity index (χ2v) is 4.66. The van der Waals surface area contributed by atoms with Gasteiger partial charge >= 0.3 is 0 Å². The fourth-order valence-corrected chi connectivity index (χ4v) is 2.18. The molecule has 1 nitrogen and oxygen atoms in total. The molecule has 0 radical (unpaired) electrons. The summed E-state index contributed by atoms with van der Waals surface area (Å²) in [5.74, 6) is 0. The number of hydrogen-bond acceptors (Lipinski definition) is 1. The standard InChI is InChI=1S/C15H13ClO/c1-10-5-11(2)7-13(6-10)15-8-14(16)4-3-12(15)9-17/h3-9H,1-2H3. The minimum Gasteiger partial charge on any atom is -0.298 e. The van der Waals surface area contributed by atoms with Gasteiger partial charge in [-0.3, -0.25) is 4.79 Å². The highest BCUT2D eigenvalue weighted by molar-refractivity contribution is 6.31. The van der Waals surface area contributed by atoms with Gasteiger partial charge in [0.2, 0.25) is 0 Å². The Bertz CT molecular complexity index is 553. The fraction of sp³-hybridized carbons (Fsp3) is 0.133. The molecule has 0 aliphatic heterocycles. The van der Waals surface area contributed by atoms with Crippen molar-refractivity contribution in [2.24, 2.45) is 0 Å². The van der Waals surface area contributed by atoms with Crippen molar-refractivity contribution < 1.29 is 4.79 Å².